The molecule has 0 atom stereocenters. The number of nitrogens with one attached hydrogen (secondary N) is 1. The van der Waals surface area contributed by atoms with Gasteiger partial charge >= 0.3 is 0 Å². The van der Waals surface area contributed by atoms with Gasteiger partial charge in [-0.3, -0.25) is 4.79 Å². The molecule has 3 rings (SSSR count). The van der Waals surface area contributed by atoms with Gasteiger partial charge in [0.15, 0.2) is 5.13 Å². The third-order valence-corrected chi connectivity index (χ3v) is 3.63. The van der Waals surface area contributed by atoms with Gasteiger partial charge in [0, 0.05) is 17.3 Å². The summed E-state index contributed by atoms with van der Waals surface area (Å²) in [5, 5.41) is 2.86. The van der Waals surface area contributed by atoms with Crippen LogP contribution < -0.4 is 11.1 Å². The lowest BCUT2D eigenvalue weighted by Crippen LogP contribution is -2.12. The Bertz CT molecular complexity index is 827. The number of aromatic nitrogens is 1. The molecule has 1 heterocycles. The summed E-state index contributed by atoms with van der Waals surface area (Å²) in [6.07, 6.45) is 0. The molecule has 21 heavy (non-hydrogen) atoms. The van der Waals surface area contributed by atoms with Gasteiger partial charge in [-0.15, -0.1) is 0 Å². The van der Waals surface area contributed by atoms with Crippen LogP contribution >= 0.6 is 11.3 Å². The Morgan fingerprint density at radius 3 is 2.57 bits per heavy atom. The van der Waals surface area contributed by atoms with Crippen molar-refractivity contribution in [1.29, 1.82) is 0 Å². The maximum Gasteiger partial charge on any atom is 0.255 e. The van der Waals surface area contributed by atoms with Gasteiger partial charge in [-0.1, -0.05) is 11.3 Å². The van der Waals surface area contributed by atoms with Gasteiger partial charge in [-0.05, 0) is 30.3 Å². The van der Waals surface area contributed by atoms with Crippen molar-refractivity contribution in [3.05, 3.63) is 53.6 Å². The van der Waals surface area contributed by atoms with E-state index in [1.165, 1.54) is 11.3 Å². The number of anilines is 2. The Balaban J connectivity index is 1.89. The van der Waals surface area contributed by atoms with Crippen molar-refractivity contribution in [1.82, 2.24) is 4.98 Å². The fourth-order valence-electron chi connectivity index (χ4n) is 1.91. The van der Waals surface area contributed by atoms with Gasteiger partial charge in [-0.25, -0.2) is 13.8 Å². The molecule has 3 aromatic rings. The predicted molar refractivity (Wildman–Crippen MR) is 78.3 cm³/mol. The topological polar surface area (TPSA) is 68.0 Å². The Labute approximate surface area is 122 Å². The first-order chi connectivity index (χ1) is 10.0. The highest BCUT2D eigenvalue weighted by atomic mass is 32.1. The highest BCUT2D eigenvalue weighted by Crippen LogP contribution is 2.25. The summed E-state index contributed by atoms with van der Waals surface area (Å²) in [7, 11) is 0. The molecular formula is C14H9F2N3OS. The summed E-state index contributed by atoms with van der Waals surface area (Å²) in [6, 6.07) is 7.71. The number of nitrogens with two attached hydrogens (primary N) is 1. The van der Waals surface area contributed by atoms with E-state index in [4.69, 9.17) is 5.73 Å². The van der Waals surface area contributed by atoms with E-state index in [0.717, 1.165) is 22.9 Å². The van der Waals surface area contributed by atoms with Crippen LogP contribution in [0.15, 0.2) is 36.4 Å². The second-order valence-corrected chi connectivity index (χ2v) is 5.41. The van der Waals surface area contributed by atoms with Crippen LogP contribution in [-0.2, 0) is 0 Å². The second kappa shape index (κ2) is 5.10. The summed E-state index contributed by atoms with van der Waals surface area (Å²) in [5.41, 5.74) is 6.71. The van der Waals surface area contributed by atoms with E-state index in [1.54, 1.807) is 18.2 Å². The van der Waals surface area contributed by atoms with Crippen molar-refractivity contribution in [3.63, 3.8) is 0 Å². The molecule has 0 aliphatic rings. The van der Waals surface area contributed by atoms with E-state index in [9.17, 15) is 13.6 Å². The SMILES string of the molecule is Nc1nc2ccc(C(=O)Nc3cc(F)cc(F)c3)cc2s1. The summed E-state index contributed by atoms with van der Waals surface area (Å²) < 4.78 is 26.9. The number of rotatable bonds is 2. The summed E-state index contributed by atoms with van der Waals surface area (Å²) in [5.74, 6) is -1.97. The minimum atomic E-state index is -0.754. The molecule has 3 N–H and O–H groups in total. The zero-order valence-corrected chi connectivity index (χ0v) is 11.4. The maximum absolute atomic E-state index is 13.1. The molecule has 2 aromatic carbocycles. The molecular weight excluding hydrogens is 296 g/mol. The molecule has 7 heteroatoms. The van der Waals surface area contributed by atoms with E-state index in [0.29, 0.717) is 16.2 Å². The van der Waals surface area contributed by atoms with E-state index in [-0.39, 0.29) is 5.69 Å². The number of hydrogen-bond donors (Lipinski definition) is 2. The fourth-order valence-corrected chi connectivity index (χ4v) is 2.69. The lowest BCUT2D eigenvalue weighted by atomic mass is 10.2. The quantitative estimate of drug-likeness (QED) is 0.762. The molecule has 1 amide bonds. The zero-order chi connectivity index (χ0) is 15.0. The number of amides is 1. The number of fused-ring (bicyclic) bond motifs is 1. The van der Waals surface area contributed by atoms with Crippen LogP contribution in [0.5, 0.6) is 0 Å². The van der Waals surface area contributed by atoms with Crippen molar-refractivity contribution in [3.8, 4) is 0 Å². The summed E-state index contributed by atoms with van der Waals surface area (Å²) >= 11 is 1.26. The number of thiazole rings is 1. The Morgan fingerprint density at radius 1 is 1.14 bits per heavy atom. The monoisotopic (exact) mass is 305 g/mol. The number of halogens is 2. The minimum absolute atomic E-state index is 0.0569. The molecule has 0 spiro atoms. The van der Waals surface area contributed by atoms with E-state index in [1.807, 2.05) is 0 Å². The van der Waals surface area contributed by atoms with Crippen LogP contribution in [0.1, 0.15) is 10.4 Å². The third-order valence-electron chi connectivity index (χ3n) is 2.79. The lowest BCUT2D eigenvalue weighted by Gasteiger charge is -2.05. The van der Waals surface area contributed by atoms with Crippen LogP contribution in [0.4, 0.5) is 19.6 Å². The van der Waals surface area contributed by atoms with Crippen LogP contribution in [-0.4, -0.2) is 10.9 Å². The number of carbonyl (C=O) groups is 1. The number of carbonyl (C=O) groups excluding carboxylic acids is 1. The molecule has 1 aromatic heterocycles. The molecule has 0 radical (unpaired) electrons. The molecule has 0 unspecified atom stereocenters. The number of hydrogen-bond acceptors (Lipinski definition) is 4. The van der Waals surface area contributed by atoms with Crippen molar-refractivity contribution < 1.29 is 13.6 Å². The molecule has 0 fully saturated rings. The first-order valence-corrected chi connectivity index (χ1v) is 6.76. The van der Waals surface area contributed by atoms with Crippen LogP contribution in [0.2, 0.25) is 0 Å². The molecule has 0 saturated heterocycles. The van der Waals surface area contributed by atoms with E-state index in [2.05, 4.69) is 10.3 Å². The normalized spacial score (nSPS) is 10.8. The van der Waals surface area contributed by atoms with Crippen molar-refractivity contribution in [2.24, 2.45) is 0 Å². The van der Waals surface area contributed by atoms with Gasteiger partial charge in [0.2, 0.25) is 0 Å². The van der Waals surface area contributed by atoms with Crippen LogP contribution in [0, 0.1) is 11.6 Å². The van der Waals surface area contributed by atoms with Gasteiger partial charge in [0.1, 0.15) is 11.6 Å². The Kier molecular flexibility index (Phi) is 3.26. The summed E-state index contributed by atoms with van der Waals surface area (Å²) in [6.45, 7) is 0. The van der Waals surface area contributed by atoms with Crippen molar-refractivity contribution in [2.75, 3.05) is 11.1 Å². The van der Waals surface area contributed by atoms with Gasteiger partial charge < -0.3 is 11.1 Å². The Morgan fingerprint density at radius 2 is 1.86 bits per heavy atom. The fraction of sp³-hybridized carbons (Fsp3) is 0. The predicted octanol–water partition coefficient (Wildman–Crippen LogP) is 3.41. The molecule has 0 aliphatic heterocycles. The summed E-state index contributed by atoms with van der Waals surface area (Å²) in [4.78, 5) is 16.2. The van der Waals surface area contributed by atoms with E-state index < -0.39 is 17.5 Å². The number of nitrogen functional groups attached to an aromatic ring is 1. The maximum atomic E-state index is 13.1. The van der Waals surface area contributed by atoms with Gasteiger partial charge in [0.05, 0.1) is 10.2 Å². The largest absolute Gasteiger partial charge is 0.375 e. The number of benzene rings is 2. The highest BCUT2D eigenvalue weighted by Gasteiger charge is 2.10. The van der Waals surface area contributed by atoms with Crippen LogP contribution in [0.3, 0.4) is 0 Å². The lowest BCUT2D eigenvalue weighted by molar-refractivity contribution is 0.102. The van der Waals surface area contributed by atoms with Crippen molar-refractivity contribution >= 4 is 38.3 Å². The Hall–Kier alpha value is -2.54. The molecule has 0 bridgehead atoms. The van der Waals surface area contributed by atoms with E-state index >= 15 is 0 Å². The van der Waals surface area contributed by atoms with Crippen LogP contribution in [0.25, 0.3) is 10.2 Å². The van der Waals surface area contributed by atoms with Gasteiger partial charge in [-0.2, -0.15) is 0 Å². The average Bonchev–Trinajstić information content (AvgIpc) is 2.76. The molecule has 0 aliphatic carbocycles. The first-order valence-electron chi connectivity index (χ1n) is 5.95. The highest BCUT2D eigenvalue weighted by molar-refractivity contribution is 7.22. The minimum Gasteiger partial charge on any atom is -0.375 e. The second-order valence-electron chi connectivity index (χ2n) is 4.35. The third kappa shape index (κ3) is 2.82. The smallest absolute Gasteiger partial charge is 0.255 e. The molecule has 0 saturated carbocycles. The van der Waals surface area contributed by atoms with Crippen molar-refractivity contribution in [2.45, 2.75) is 0 Å². The zero-order valence-electron chi connectivity index (χ0n) is 10.6. The molecule has 106 valence electrons. The first kappa shape index (κ1) is 13.4. The average molecular weight is 305 g/mol. The standard InChI is InChI=1S/C14H9F2N3OS/c15-8-4-9(16)6-10(5-8)18-13(20)7-1-2-11-12(3-7)21-14(17)19-11/h1-6H,(H2,17,19)(H,18,20). The number of nitrogens with zero attached hydrogens (tertiary/aromatic N) is 1. The molecule has 4 nitrogen and oxygen atoms in total. The van der Waals surface area contributed by atoms with Gasteiger partial charge in [0.25, 0.3) is 5.91 Å².